The molecular formula is C15H21NO2. The summed E-state index contributed by atoms with van der Waals surface area (Å²) < 4.78 is 5.80. The molecule has 0 saturated heterocycles. The molecule has 1 N–H and O–H groups in total. The number of nitrogens with one attached hydrogen (secondary N) is 1. The highest BCUT2D eigenvalue weighted by atomic mass is 16.5. The van der Waals surface area contributed by atoms with Crippen molar-refractivity contribution in [3.8, 4) is 5.75 Å². The van der Waals surface area contributed by atoms with Gasteiger partial charge < -0.3 is 10.1 Å². The molecule has 3 heteroatoms. The van der Waals surface area contributed by atoms with E-state index in [9.17, 15) is 4.79 Å². The van der Waals surface area contributed by atoms with Crippen molar-refractivity contribution < 1.29 is 9.53 Å². The van der Waals surface area contributed by atoms with Gasteiger partial charge in [0.15, 0.2) is 0 Å². The van der Waals surface area contributed by atoms with E-state index in [1.165, 1.54) is 0 Å². The smallest absolute Gasteiger partial charge is 0.223 e. The fourth-order valence-corrected chi connectivity index (χ4v) is 2.25. The third-order valence-electron chi connectivity index (χ3n) is 3.34. The number of hydrogen-bond donors (Lipinski definition) is 1. The first-order valence-electron chi connectivity index (χ1n) is 6.62. The number of amides is 1. The third kappa shape index (κ3) is 2.66. The van der Waals surface area contributed by atoms with Crippen LogP contribution in [0.2, 0.25) is 0 Å². The van der Waals surface area contributed by atoms with Gasteiger partial charge in [-0.3, -0.25) is 4.79 Å². The summed E-state index contributed by atoms with van der Waals surface area (Å²) in [5.74, 6) is 1.07. The molecule has 0 aromatic heterocycles. The molecule has 1 aliphatic heterocycles. The highest BCUT2D eigenvalue weighted by Crippen LogP contribution is 2.34. The number of rotatable bonds is 2. The summed E-state index contributed by atoms with van der Waals surface area (Å²) in [6.45, 7) is 6.61. The molecule has 0 fully saturated rings. The fourth-order valence-electron chi connectivity index (χ4n) is 2.25. The maximum Gasteiger partial charge on any atom is 0.223 e. The number of carbonyl (C=O) groups excluding carboxylic acids is 1. The molecule has 2 rings (SSSR count). The van der Waals surface area contributed by atoms with Gasteiger partial charge >= 0.3 is 0 Å². The number of benzene rings is 1. The molecule has 18 heavy (non-hydrogen) atoms. The summed E-state index contributed by atoms with van der Waals surface area (Å²) >= 11 is 0. The quantitative estimate of drug-likeness (QED) is 0.872. The summed E-state index contributed by atoms with van der Waals surface area (Å²) in [6.07, 6.45) is 1.91. The second-order valence-corrected chi connectivity index (χ2v) is 5.20. The average molecular weight is 247 g/mol. The van der Waals surface area contributed by atoms with Crippen molar-refractivity contribution >= 4 is 5.91 Å². The molecule has 1 aromatic rings. The van der Waals surface area contributed by atoms with Gasteiger partial charge in [-0.15, -0.1) is 0 Å². The first kappa shape index (κ1) is 12.9. The van der Waals surface area contributed by atoms with Crippen molar-refractivity contribution in [1.29, 1.82) is 0 Å². The molecule has 1 heterocycles. The van der Waals surface area contributed by atoms with Gasteiger partial charge in [0.1, 0.15) is 5.75 Å². The van der Waals surface area contributed by atoms with Crippen molar-refractivity contribution in [1.82, 2.24) is 5.32 Å². The van der Waals surface area contributed by atoms with E-state index in [-0.39, 0.29) is 17.9 Å². The Morgan fingerprint density at radius 1 is 1.44 bits per heavy atom. The minimum Gasteiger partial charge on any atom is -0.493 e. The monoisotopic (exact) mass is 247 g/mol. The molecule has 1 aliphatic rings. The summed E-state index contributed by atoms with van der Waals surface area (Å²) in [7, 11) is 0. The number of aryl methyl sites for hydroxylation is 1. The standard InChI is InChI=1S/C15H21NO2/c1-10(2)15(17)16-13-8-5-9-18-14-11(3)6-4-7-12(13)14/h4,6-7,10,13H,5,8-9H2,1-3H3,(H,16,17). The van der Waals surface area contributed by atoms with Crippen LogP contribution in [0.4, 0.5) is 0 Å². The van der Waals surface area contributed by atoms with Gasteiger partial charge in [0, 0.05) is 11.5 Å². The van der Waals surface area contributed by atoms with Crippen LogP contribution in [0.25, 0.3) is 0 Å². The van der Waals surface area contributed by atoms with Crippen LogP contribution in [0.15, 0.2) is 18.2 Å². The number of carbonyl (C=O) groups is 1. The Morgan fingerprint density at radius 2 is 2.22 bits per heavy atom. The topological polar surface area (TPSA) is 38.3 Å². The molecule has 0 radical (unpaired) electrons. The van der Waals surface area contributed by atoms with Gasteiger partial charge in [0.25, 0.3) is 0 Å². The van der Waals surface area contributed by atoms with Gasteiger partial charge in [0.05, 0.1) is 12.6 Å². The van der Waals surface area contributed by atoms with Crippen LogP contribution >= 0.6 is 0 Å². The van der Waals surface area contributed by atoms with Gasteiger partial charge in [-0.05, 0) is 25.3 Å². The molecule has 0 bridgehead atoms. The summed E-state index contributed by atoms with van der Waals surface area (Å²) in [6, 6.07) is 6.21. The summed E-state index contributed by atoms with van der Waals surface area (Å²) in [5.41, 5.74) is 2.25. The molecule has 3 nitrogen and oxygen atoms in total. The third-order valence-corrected chi connectivity index (χ3v) is 3.34. The van der Waals surface area contributed by atoms with Crippen LogP contribution in [-0.2, 0) is 4.79 Å². The maximum absolute atomic E-state index is 11.9. The second-order valence-electron chi connectivity index (χ2n) is 5.20. The van der Waals surface area contributed by atoms with E-state index in [2.05, 4.69) is 11.4 Å². The molecule has 0 saturated carbocycles. The lowest BCUT2D eigenvalue weighted by Gasteiger charge is -2.20. The Bertz CT molecular complexity index is 440. The molecule has 1 amide bonds. The fraction of sp³-hybridized carbons (Fsp3) is 0.533. The zero-order valence-electron chi connectivity index (χ0n) is 11.3. The van der Waals surface area contributed by atoms with E-state index < -0.39 is 0 Å². The van der Waals surface area contributed by atoms with Crippen LogP contribution in [0, 0.1) is 12.8 Å². The van der Waals surface area contributed by atoms with E-state index in [0.29, 0.717) is 0 Å². The summed E-state index contributed by atoms with van der Waals surface area (Å²) in [5, 5.41) is 3.12. The van der Waals surface area contributed by atoms with Crippen LogP contribution < -0.4 is 10.1 Å². The molecular weight excluding hydrogens is 226 g/mol. The lowest BCUT2D eigenvalue weighted by atomic mass is 9.99. The van der Waals surface area contributed by atoms with Gasteiger partial charge in [-0.1, -0.05) is 32.0 Å². The number of para-hydroxylation sites is 1. The van der Waals surface area contributed by atoms with Gasteiger partial charge in [-0.25, -0.2) is 0 Å². The van der Waals surface area contributed by atoms with Crippen LogP contribution in [0.5, 0.6) is 5.75 Å². The zero-order chi connectivity index (χ0) is 13.1. The first-order chi connectivity index (χ1) is 8.59. The Hall–Kier alpha value is -1.51. The van der Waals surface area contributed by atoms with E-state index in [1.54, 1.807) is 0 Å². The Balaban J connectivity index is 2.27. The molecule has 1 aromatic carbocycles. The van der Waals surface area contributed by atoms with Crippen LogP contribution in [0.1, 0.15) is 43.9 Å². The number of fused-ring (bicyclic) bond motifs is 1. The lowest BCUT2D eigenvalue weighted by molar-refractivity contribution is -0.124. The van der Waals surface area contributed by atoms with Gasteiger partial charge in [0.2, 0.25) is 5.91 Å². The molecule has 98 valence electrons. The van der Waals surface area contributed by atoms with E-state index in [0.717, 1.165) is 36.3 Å². The van der Waals surface area contributed by atoms with E-state index >= 15 is 0 Å². The van der Waals surface area contributed by atoms with Gasteiger partial charge in [-0.2, -0.15) is 0 Å². The van der Waals surface area contributed by atoms with E-state index in [1.807, 2.05) is 32.9 Å². The number of hydrogen-bond acceptors (Lipinski definition) is 2. The zero-order valence-corrected chi connectivity index (χ0v) is 11.3. The van der Waals surface area contributed by atoms with Crippen molar-refractivity contribution in [3.05, 3.63) is 29.3 Å². The Kier molecular flexibility index (Phi) is 3.90. The lowest BCUT2D eigenvalue weighted by Crippen LogP contribution is -2.31. The highest BCUT2D eigenvalue weighted by molar-refractivity contribution is 5.78. The van der Waals surface area contributed by atoms with Crippen LogP contribution in [0.3, 0.4) is 0 Å². The molecule has 1 atom stereocenters. The second kappa shape index (κ2) is 5.42. The van der Waals surface area contributed by atoms with Crippen LogP contribution in [-0.4, -0.2) is 12.5 Å². The predicted octanol–water partition coefficient (Wildman–Crippen LogP) is 2.98. The SMILES string of the molecule is Cc1cccc2c1OCCCC2NC(=O)C(C)C. The summed E-state index contributed by atoms with van der Waals surface area (Å²) in [4.78, 5) is 11.9. The normalized spacial score (nSPS) is 18.8. The Labute approximate surface area is 109 Å². The maximum atomic E-state index is 11.9. The van der Waals surface area contributed by atoms with Crippen molar-refractivity contribution in [3.63, 3.8) is 0 Å². The van der Waals surface area contributed by atoms with Crippen molar-refractivity contribution in [2.75, 3.05) is 6.61 Å². The van der Waals surface area contributed by atoms with Crippen molar-refractivity contribution in [2.24, 2.45) is 5.92 Å². The highest BCUT2D eigenvalue weighted by Gasteiger charge is 2.23. The average Bonchev–Trinajstić information content (AvgIpc) is 2.53. The minimum absolute atomic E-state index is 0.0161. The predicted molar refractivity (Wildman–Crippen MR) is 71.6 cm³/mol. The minimum atomic E-state index is 0.0161. The van der Waals surface area contributed by atoms with E-state index in [4.69, 9.17) is 4.74 Å². The largest absolute Gasteiger partial charge is 0.493 e. The molecule has 1 unspecified atom stereocenters. The number of ether oxygens (including phenoxy) is 1. The first-order valence-corrected chi connectivity index (χ1v) is 6.62. The van der Waals surface area contributed by atoms with Crippen molar-refractivity contribution in [2.45, 2.75) is 39.7 Å². The molecule has 0 aliphatic carbocycles. The molecule has 0 spiro atoms. The Morgan fingerprint density at radius 3 is 2.94 bits per heavy atom.